The summed E-state index contributed by atoms with van der Waals surface area (Å²) < 4.78 is 0. The van der Waals surface area contributed by atoms with Gasteiger partial charge in [-0.2, -0.15) is 0 Å². The van der Waals surface area contributed by atoms with Crippen LogP contribution in [0, 0.1) is 23.7 Å². The maximum absolute atomic E-state index is 3.58. The Bertz CT molecular complexity index is 211. The molecule has 0 aliphatic heterocycles. The van der Waals surface area contributed by atoms with Gasteiger partial charge in [0.25, 0.3) is 0 Å². The summed E-state index contributed by atoms with van der Waals surface area (Å²) in [5, 5.41) is 3.58. The molecule has 0 aromatic carbocycles. The molecule has 1 aliphatic carbocycles. The van der Waals surface area contributed by atoms with E-state index in [0.717, 1.165) is 30.8 Å². The van der Waals surface area contributed by atoms with E-state index in [-0.39, 0.29) is 0 Å². The van der Waals surface area contributed by atoms with E-state index < -0.39 is 0 Å². The molecule has 1 N–H and O–H groups in total. The molecule has 0 saturated heterocycles. The molecular formula is C13H23N. The van der Waals surface area contributed by atoms with Gasteiger partial charge in [0.2, 0.25) is 0 Å². The summed E-state index contributed by atoms with van der Waals surface area (Å²) in [5.74, 6) is 7.89. The highest BCUT2D eigenvalue weighted by molar-refractivity contribution is 4.96. The van der Waals surface area contributed by atoms with Crippen molar-refractivity contribution >= 4 is 0 Å². The van der Waals surface area contributed by atoms with E-state index in [1.54, 1.807) is 0 Å². The van der Waals surface area contributed by atoms with Crippen LogP contribution in [0.15, 0.2) is 0 Å². The summed E-state index contributed by atoms with van der Waals surface area (Å²) in [7, 11) is 0. The number of hydrogen-bond acceptors (Lipinski definition) is 1. The Morgan fingerprint density at radius 2 is 2.14 bits per heavy atom. The van der Waals surface area contributed by atoms with Crippen molar-refractivity contribution in [3.63, 3.8) is 0 Å². The predicted octanol–water partition coefficient (Wildman–Crippen LogP) is 2.81. The monoisotopic (exact) mass is 193 g/mol. The summed E-state index contributed by atoms with van der Waals surface area (Å²) in [6.45, 7) is 7.63. The van der Waals surface area contributed by atoms with Crippen LogP contribution >= 0.6 is 0 Å². The first-order valence-electron chi connectivity index (χ1n) is 5.92. The van der Waals surface area contributed by atoms with Gasteiger partial charge in [0, 0.05) is 12.5 Å². The highest BCUT2D eigenvalue weighted by Crippen LogP contribution is 2.34. The Balaban J connectivity index is 2.30. The van der Waals surface area contributed by atoms with Crippen molar-refractivity contribution in [1.29, 1.82) is 0 Å². The minimum atomic E-state index is 0.764. The molecule has 0 amide bonds. The van der Waals surface area contributed by atoms with Gasteiger partial charge in [0.1, 0.15) is 0 Å². The summed E-state index contributed by atoms with van der Waals surface area (Å²) in [4.78, 5) is 0. The maximum atomic E-state index is 3.58. The third kappa shape index (κ3) is 3.03. The van der Waals surface area contributed by atoms with Gasteiger partial charge in [-0.3, -0.25) is 0 Å². The SMILES string of the molecule is CC#CCCC1CCC(NCC)C1C. The van der Waals surface area contributed by atoms with E-state index in [9.17, 15) is 0 Å². The zero-order valence-electron chi connectivity index (χ0n) is 9.77. The second-order valence-corrected chi connectivity index (χ2v) is 4.33. The van der Waals surface area contributed by atoms with Crippen molar-refractivity contribution in [2.45, 2.75) is 52.5 Å². The standard InChI is InChI=1S/C13H23N/c1-4-6-7-8-12-9-10-13(11(12)3)14-5-2/h11-14H,5,7-10H2,1-3H3. The molecule has 0 heterocycles. The minimum absolute atomic E-state index is 0.764. The molecule has 0 radical (unpaired) electrons. The molecule has 1 nitrogen and oxygen atoms in total. The van der Waals surface area contributed by atoms with E-state index in [0.29, 0.717) is 0 Å². The number of nitrogens with one attached hydrogen (secondary N) is 1. The van der Waals surface area contributed by atoms with Crippen molar-refractivity contribution in [2.75, 3.05) is 6.54 Å². The van der Waals surface area contributed by atoms with Crippen LogP contribution in [0.4, 0.5) is 0 Å². The Hall–Kier alpha value is -0.480. The molecule has 0 bridgehead atoms. The van der Waals surface area contributed by atoms with E-state index in [1.807, 2.05) is 6.92 Å². The third-order valence-electron chi connectivity index (χ3n) is 3.51. The Labute approximate surface area is 88.7 Å². The third-order valence-corrected chi connectivity index (χ3v) is 3.51. The molecule has 80 valence electrons. The fourth-order valence-electron chi connectivity index (χ4n) is 2.59. The Morgan fingerprint density at radius 1 is 1.36 bits per heavy atom. The lowest BCUT2D eigenvalue weighted by Gasteiger charge is -2.20. The maximum Gasteiger partial charge on any atom is 0.00953 e. The normalized spacial score (nSPS) is 31.2. The van der Waals surface area contributed by atoms with Crippen molar-refractivity contribution < 1.29 is 0 Å². The first-order valence-corrected chi connectivity index (χ1v) is 5.92. The van der Waals surface area contributed by atoms with Crippen LogP contribution in [-0.4, -0.2) is 12.6 Å². The highest BCUT2D eigenvalue weighted by Gasteiger charge is 2.31. The van der Waals surface area contributed by atoms with Crippen LogP contribution in [0.25, 0.3) is 0 Å². The topological polar surface area (TPSA) is 12.0 Å². The summed E-state index contributed by atoms with van der Waals surface area (Å²) >= 11 is 0. The number of hydrogen-bond donors (Lipinski definition) is 1. The van der Waals surface area contributed by atoms with Crippen LogP contribution in [0.1, 0.15) is 46.5 Å². The molecule has 0 spiro atoms. The Morgan fingerprint density at radius 3 is 2.79 bits per heavy atom. The molecule has 0 aromatic heterocycles. The molecule has 1 heteroatoms. The largest absolute Gasteiger partial charge is 0.314 e. The lowest BCUT2D eigenvalue weighted by Crippen LogP contribution is -2.32. The quantitative estimate of drug-likeness (QED) is 0.677. The molecule has 3 atom stereocenters. The smallest absolute Gasteiger partial charge is 0.00953 e. The average Bonchev–Trinajstić information content (AvgIpc) is 2.51. The minimum Gasteiger partial charge on any atom is -0.314 e. The first-order chi connectivity index (χ1) is 6.79. The summed E-state index contributed by atoms with van der Waals surface area (Å²) in [6.07, 6.45) is 5.14. The van der Waals surface area contributed by atoms with Gasteiger partial charge >= 0.3 is 0 Å². The summed E-state index contributed by atoms with van der Waals surface area (Å²) in [6, 6.07) is 0.764. The van der Waals surface area contributed by atoms with E-state index in [2.05, 4.69) is 31.0 Å². The molecular weight excluding hydrogens is 170 g/mol. The first kappa shape index (κ1) is 11.6. The fourth-order valence-corrected chi connectivity index (χ4v) is 2.59. The number of rotatable bonds is 4. The van der Waals surface area contributed by atoms with Crippen LogP contribution in [-0.2, 0) is 0 Å². The van der Waals surface area contributed by atoms with Crippen LogP contribution in [0.3, 0.4) is 0 Å². The molecule has 0 aromatic rings. The lowest BCUT2D eigenvalue weighted by atomic mass is 9.91. The van der Waals surface area contributed by atoms with Gasteiger partial charge in [0.05, 0.1) is 0 Å². The van der Waals surface area contributed by atoms with Crippen molar-refractivity contribution in [3.8, 4) is 11.8 Å². The average molecular weight is 193 g/mol. The van der Waals surface area contributed by atoms with Crippen molar-refractivity contribution in [1.82, 2.24) is 5.32 Å². The second-order valence-electron chi connectivity index (χ2n) is 4.33. The van der Waals surface area contributed by atoms with Gasteiger partial charge in [0.15, 0.2) is 0 Å². The van der Waals surface area contributed by atoms with Crippen LogP contribution in [0.2, 0.25) is 0 Å². The van der Waals surface area contributed by atoms with E-state index in [4.69, 9.17) is 0 Å². The molecule has 3 unspecified atom stereocenters. The molecule has 1 fully saturated rings. The molecule has 1 saturated carbocycles. The van der Waals surface area contributed by atoms with Gasteiger partial charge in [-0.15, -0.1) is 11.8 Å². The second kappa shape index (κ2) is 6.09. The van der Waals surface area contributed by atoms with Crippen molar-refractivity contribution in [2.24, 2.45) is 11.8 Å². The highest BCUT2D eigenvalue weighted by atomic mass is 14.9. The fraction of sp³-hybridized carbons (Fsp3) is 0.846. The Kier molecular flexibility index (Phi) is 5.04. The van der Waals surface area contributed by atoms with Gasteiger partial charge in [-0.05, 0) is 44.6 Å². The lowest BCUT2D eigenvalue weighted by molar-refractivity contribution is 0.343. The van der Waals surface area contributed by atoms with Crippen molar-refractivity contribution in [3.05, 3.63) is 0 Å². The molecule has 1 aliphatic rings. The zero-order valence-corrected chi connectivity index (χ0v) is 9.77. The molecule has 1 rings (SSSR count). The molecule has 14 heavy (non-hydrogen) atoms. The van der Waals surface area contributed by atoms with Gasteiger partial charge in [-0.25, -0.2) is 0 Å². The van der Waals surface area contributed by atoms with Gasteiger partial charge in [-0.1, -0.05) is 13.8 Å². The van der Waals surface area contributed by atoms with Crippen LogP contribution in [0.5, 0.6) is 0 Å². The van der Waals surface area contributed by atoms with E-state index >= 15 is 0 Å². The van der Waals surface area contributed by atoms with E-state index in [1.165, 1.54) is 19.3 Å². The van der Waals surface area contributed by atoms with Crippen LogP contribution < -0.4 is 5.32 Å². The van der Waals surface area contributed by atoms with Gasteiger partial charge < -0.3 is 5.32 Å². The predicted molar refractivity (Wildman–Crippen MR) is 62.0 cm³/mol. The zero-order chi connectivity index (χ0) is 10.4. The summed E-state index contributed by atoms with van der Waals surface area (Å²) in [5.41, 5.74) is 0.